The van der Waals surface area contributed by atoms with Crippen LogP contribution in [0.4, 0.5) is 0 Å². The maximum absolute atomic E-state index is 5.92. The van der Waals surface area contributed by atoms with Crippen LogP contribution in [0.2, 0.25) is 4.34 Å². The second-order valence-electron chi connectivity index (χ2n) is 5.54. The average Bonchev–Trinajstić information content (AvgIpc) is 3.20. The van der Waals surface area contributed by atoms with Gasteiger partial charge in [-0.25, -0.2) is 0 Å². The highest BCUT2D eigenvalue weighted by molar-refractivity contribution is 14.0. The van der Waals surface area contributed by atoms with Gasteiger partial charge in [0.1, 0.15) is 0 Å². The van der Waals surface area contributed by atoms with E-state index in [1.807, 2.05) is 6.07 Å². The van der Waals surface area contributed by atoms with Crippen LogP contribution in [-0.4, -0.2) is 52.5 Å². The molecule has 1 atom stereocenters. The Kier molecular flexibility index (Phi) is 12.0. The number of nitrogens with one attached hydrogen (secondary N) is 2. The summed E-state index contributed by atoms with van der Waals surface area (Å²) in [6, 6.07) is 4.00. The van der Waals surface area contributed by atoms with Gasteiger partial charge >= 0.3 is 0 Å². The Balaban J connectivity index is 0.00000288. The van der Waals surface area contributed by atoms with E-state index in [1.165, 1.54) is 4.88 Å². The van der Waals surface area contributed by atoms with Crippen LogP contribution < -0.4 is 10.6 Å². The molecule has 0 spiro atoms. The number of hydrogen-bond donors (Lipinski definition) is 2. The molecule has 2 N–H and O–H groups in total. The molecule has 0 aromatic carbocycles. The molecule has 1 aliphatic heterocycles. The zero-order valence-corrected chi connectivity index (χ0v) is 18.0. The lowest BCUT2D eigenvalue weighted by molar-refractivity contribution is 0.0888. The van der Waals surface area contributed by atoms with Crippen molar-refractivity contribution >= 4 is 52.9 Å². The Morgan fingerprint density at radius 1 is 1.42 bits per heavy atom. The SMILES string of the molecule is CN=C(NCCCOCC1CCOC1)NCCc1ccc(Cl)s1.I. The maximum atomic E-state index is 5.92. The first-order valence-corrected chi connectivity index (χ1v) is 9.31. The number of hydrogen-bond acceptors (Lipinski definition) is 4. The Morgan fingerprint density at radius 2 is 2.25 bits per heavy atom. The lowest BCUT2D eigenvalue weighted by Gasteiger charge is -2.12. The zero-order valence-electron chi connectivity index (χ0n) is 14.1. The van der Waals surface area contributed by atoms with Gasteiger partial charge in [0.15, 0.2) is 5.96 Å². The predicted molar refractivity (Wildman–Crippen MR) is 112 cm³/mol. The summed E-state index contributed by atoms with van der Waals surface area (Å²) in [5, 5.41) is 6.61. The van der Waals surface area contributed by atoms with E-state index in [4.69, 9.17) is 21.1 Å². The molecular formula is C16H27ClIN3O2S. The van der Waals surface area contributed by atoms with Crippen LogP contribution in [-0.2, 0) is 15.9 Å². The first kappa shape index (κ1) is 22.0. The van der Waals surface area contributed by atoms with Crippen LogP contribution in [0.15, 0.2) is 17.1 Å². The van der Waals surface area contributed by atoms with Crippen molar-refractivity contribution in [3.05, 3.63) is 21.3 Å². The molecule has 0 amide bonds. The molecule has 1 unspecified atom stereocenters. The molecule has 0 saturated carbocycles. The normalized spacial score (nSPS) is 17.6. The summed E-state index contributed by atoms with van der Waals surface area (Å²) in [4.78, 5) is 5.50. The van der Waals surface area contributed by atoms with Gasteiger partial charge in [0.2, 0.25) is 0 Å². The quantitative estimate of drug-likeness (QED) is 0.243. The standard InChI is InChI=1S/C16H26ClN3O2S.HI/c1-18-16(20-8-5-14-3-4-15(17)23-14)19-7-2-9-21-11-13-6-10-22-12-13;/h3-4,13H,2,5-12H2,1H3,(H2,18,19,20);1H. The van der Waals surface area contributed by atoms with Crippen molar-refractivity contribution in [1.82, 2.24) is 10.6 Å². The summed E-state index contributed by atoms with van der Waals surface area (Å²) in [6.07, 6.45) is 3.05. The number of aliphatic imine (C=N–C) groups is 1. The van der Waals surface area contributed by atoms with Crippen LogP contribution in [0.25, 0.3) is 0 Å². The van der Waals surface area contributed by atoms with E-state index in [2.05, 4.69) is 21.7 Å². The Bertz CT molecular complexity index is 482. The van der Waals surface area contributed by atoms with Gasteiger partial charge in [-0.1, -0.05) is 11.6 Å². The van der Waals surface area contributed by atoms with Gasteiger partial charge in [0.05, 0.1) is 17.6 Å². The molecule has 1 aromatic heterocycles. The number of nitrogens with zero attached hydrogens (tertiary/aromatic N) is 1. The summed E-state index contributed by atoms with van der Waals surface area (Å²) in [7, 11) is 1.79. The Hall–Kier alpha value is -0.0900. The molecule has 1 aromatic rings. The third-order valence-corrected chi connectivity index (χ3v) is 4.94. The van der Waals surface area contributed by atoms with Gasteiger partial charge in [-0.3, -0.25) is 4.99 Å². The van der Waals surface area contributed by atoms with Crippen LogP contribution in [0, 0.1) is 5.92 Å². The van der Waals surface area contributed by atoms with Gasteiger partial charge in [-0.15, -0.1) is 35.3 Å². The predicted octanol–water partition coefficient (Wildman–Crippen LogP) is 3.17. The first-order chi connectivity index (χ1) is 11.3. The van der Waals surface area contributed by atoms with Crippen LogP contribution in [0.1, 0.15) is 17.7 Å². The van der Waals surface area contributed by atoms with Gasteiger partial charge in [0.25, 0.3) is 0 Å². The highest BCUT2D eigenvalue weighted by Crippen LogP contribution is 2.21. The highest BCUT2D eigenvalue weighted by atomic mass is 127. The van der Waals surface area contributed by atoms with Crippen molar-refractivity contribution < 1.29 is 9.47 Å². The van der Waals surface area contributed by atoms with Crippen LogP contribution >= 0.6 is 46.9 Å². The summed E-state index contributed by atoms with van der Waals surface area (Å²) in [6.45, 7) is 5.02. The number of thiophene rings is 1. The largest absolute Gasteiger partial charge is 0.381 e. The smallest absolute Gasteiger partial charge is 0.190 e. The first-order valence-electron chi connectivity index (χ1n) is 8.12. The van der Waals surface area contributed by atoms with E-state index in [1.54, 1.807) is 18.4 Å². The Morgan fingerprint density at radius 3 is 2.92 bits per heavy atom. The molecule has 2 heterocycles. The third kappa shape index (κ3) is 8.84. The average molecular weight is 488 g/mol. The fourth-order valence-corrected chi connectivity index (χ4v) is 3.44. The molecule has 0 radical (unpaired) electrons. The van der Waals surface area contributed by atoms with Crippen molar-refractivity contribution in [2.24, 2.45) is 10.9 Å². The van der Waals surface area contributed by atoms with Crippen molar-refractivity contribution in [1.29, 1.82) is 0 Å². The van der Waals surface area contributed by atoms with Crippen molar-refractivity contribution in [2.45, 2.75) is 19.3 Å². The molecule has 0 bridgehead atoms. The Labute approximate surface area is 170 Å². The molecular weight excluding hydrogens is 461 g/mol. The minimum atomic E-state index is 0. The number of halogens is 2. The van der Waals surface area contributed by atoms with E-state index in [0.29, 0.717) is 5.92 Å². The summed E-state index contributed by atoms with van der Waals surface area (Å²) >= 11 is 7.55. The van der Waals surface area contributed by atoms with E-state index in [-0.39, 0.29) is 24.0 Å². The summed E-state index contributed by atoms with van der Waals surface area (Å²) < 4.78 is 11.9. The fraction of sp³-hybridized carbons (Fsp3) is 0.688. The monoisotopic (exact) mass is 487 g/mol. The molecule has 5 nitrogen and oxygen atoms in total. The molecule has 24 heavy (non-hydrogen) atoms. The number of ether oxygens (including phenoxy) is 2. The van der Waals surface area contributed by atoms with E-state index in [0.717, 1.165) is 69.1 Å². The third-order valence-electron chi connectivity index (χ3n) is 3.65. The second kappa shape index (κ2) is 13.2. The topological polar surface area (TPSA) is 54.9 Å². The highest BCUT2D eigenvalue weighted by Gasteiger charge is 2.15. The number of guanidine groups is 1. The van der Waals surface area contributed by atoms with Crippen LogP contribution in [0.3, 0.4) is 0 Å². The molecule has 1 fully saturated rings. The maximum Gasteiger partial charge on any atom is 0.190 e. The lowest BCUT2D eigenvalue weighted by Crippen LogP contribution is -2.39. The van der Waals surface area contributed by atoms with E-state index < -0.39 is 0 Å². The summed E-state index contributed by atoms with van der Waals surface area (Å²) in [5.41, 5.74) is 0. The molecule has 1 saturated heterocycles. The molecule has 8 heteroatoms. The van der Waals surface area contributed by atoms with Crippen molar-refractivity contribution in [3.8, 4) is 0 Å². The van der Waals surface area contributed by atoms with Gasteiger partial charge in [-0.2, -0.15) is 0 Å². The molecule has 0 aliphatic carbocycles. The molecule has 2 rings (SSSR count). The lowest BCUT2D eigenvalue weighted by atomic mass is 10.1. The minimum Gasteiger partial charge on any atom is -0.381 e. The van der Waals surface area contributed by atoms with Gasteiger partial charge in [0, 0.05) is 44.1 Å². The van der Waals surface area contributed by atoms with Gasteiger partial charge in [-0.05, 0) is 31.4 Å². The second-order valence-corrected chi connectivity index (χ2v) is 7.34. The van der Waals surface area contributed by atoms with Crippen LogP contribution in [0.5, 0.6) is 0 Å². The molecule has 138 valence electrons. The van der Waals surface area contributed by atoms with Gasteiger partial charge < -0.3 is 20.1 Å². The molecule has 1 aliphatic rings. The van der Waals surface area contributed by atoms with Crippen molar-refractivity contribution in [3.63, 3.8) is 0 Å². The minimum absolute atomic E-state index is 0. The van der Waals surface area contributed by atoms with E-state index in [9.17, 15) is 0 Å². The number of rotatable bonds is 9. The zero-order chi connectivity index (χ0) is 16.3. The van der Waals surface area contributed by atoms with E-state index >= 15 is 0 Å². The fourth-order valence-electron chi connectivity index (χ4n) is 2.36. The van der Waals surface area contributed by atoms with Crippen molar-refractivity contribution in [2.75, 3.05) is 46.6 Å². The summed E-state index contributed by atoms with van der Waals surface area (Å²) in [5.74, 6) is 1.42.